The van der Waals surface area contributed by atoms with Crippen molar-refractivity contribution in [2.75, 3.05) is 13.6 Å². The lowest BCUT2D eigenvalue weighted by atomic mass is 9.80. The molecule has 0 aliphatic heterocycles. The van der Waals surface area contributed by atoms with E-state index in [9.17, 15) is 0 Å². The zero-order chi connectivity index (χ0) is 13.6. The Bertz CT molecular complexity index is 485. The highest BCUT2D eigenvalue weighted by atomic mass is 14.8. The Morgan fingerprint density at radius 3 is 2.56 bits per heavy atom. The van der Waals surface area contributed by atoms with Gasteiger partial charge in [0.15, 0.2) is 0 Å². The van der Waals surface area contributed by atoms with E-state index in [0.29, 0.717) is 0 Å². The molecule has 2 rings (SSSR count). The molecule has 1 atom stereocenters. The van der Waals surface area contributed by atoms with Gasteiger partial charge in [0, 0.05) is 12.0 Å². The minimum absolute atomic E-state index is 0.0572. The number of hydrogen-bond donors (Lipinski definition) is 2. The van der Waals surface area contributed by atoms with E-state index in [1.54, 1.807) is 0 Å². The van der Waals surface area contributed by atoms with Crippen molar-refractivity contribution in [2.45, 2.75) is 33.2 Å². The second-order valence-corrected chi connectivity index (χ2v) is 5.95. The van der Waals surface area contributed by atoms with Crippen molar-refractivity contribution in [1.29, 1.82) is 0 Å². The molecular formula is C16H24N2. The van der Waals surface area contributed by atoms with Crippen LogP contribution in [0.4, 0.5) is 0 Å². The summed E-state index contributed by atoms with van der Waals surface area (Å²) in [5.41, 5.74) is 11.6. The quantitative estimate of drug-likeness (QED) is 0.801. The third-order valence-electron chi connectivity index (χ3n) is 4.06. The molecule has 0 aromatic carbocycles. The minimum atomic E-state index is -0.331. The molecule has 0 aromatic rings. The predicted octanol–water partition coefficient (Wildman–Crippen LogP) is 2.70. The molecule has 0 amide bonds. The van der Waals surface area contributed by atoms with Crippen molar-refractivity contribution in [1.82, 2.24) is 5.32 Å². The van der Waals surface area contributed by atoms with Crippen molar-refractivity contribution in [2.24, 2.45) is 11.1 Å². The van der Waals surface area contributed by atoms with E-state index in [1.165, 1.54) is 22.3 Å². The van der Waals surface area contributed by atoms with Gasteiger partial charge in [-0.25, -0.2) is 0 Å². The maximum absolute atomic E-state index is 6.43. The number of nitrogens with one attached hydrogen (secondary N) is 1. The molecule has 1 unspecified atom stereocenters. The van der Waals surface area contributed by atoms with Crippen LogP contribution in [-0.4, -0.2) is 19.1 Å². The van der Waals surface area contributed by atoms with E-state index in [4.69, 9.17) is 5.73 Å². The summed E-state index contributed by atoms with van der Waals surface area (Å²) in [4.78, 5) is 0. The molecule has 98 valence electrons. The van der Waals surface area contributed by atoms with Crippen LogP contribution < -0.4 is 11.1 Å². The average molecular weight is 244 g/mol. The molecular weight excluding hydrogens is 220 g/mol. The van der Waals surface area contributed by atoms with Crippen LogP contribution in [-0.2, 0) is 0 Å². The summed E-state index contributed by atoms with van der Waals surface area (Å²) in [5, 5.41) is 3.28. The van der Waals surface area contributed by atoms with E-state index in [0.717, 1.165) is 6.54 Å². The lowest BCUT2D eigenvalue weighted by Gasteiger charge is -2.24. The summed E-state index contributed by atoms with van der Waals surface area (Å²) in [6.07, 6.45) is 8.68. The first-order valence-corrected chi connectivity index (χ1v) is 6.61. The Balaban J connectivity index is 2.62. The van der Waals surface area contributed by atoms with E-state index >= 15 is 0 Å². The zero-order valence-corrected chi connectivity index (χ0v) is 12.1. The number of likely N-dealkylation sites (N-methyl/N-ethyl adjacent to an activating group) is 1. The summed E-state index contributed by atoms with van der Waals surface area (Å²) < 4.78 is 0. The van der Waals surface area contributed by atoms with Gasteiger partial charge in [-0.05, 0) is 43.2 Å². The number of hydrogen-bond acceptors (Lipinski definition) is 2. The van der Waals surface area contributed by atoms with Gasteiger partial charge in [-0.2, -0.15) is 0 Å². The van der Waals surface area contributed by atoms with Crippen LogP contribution in [0, 0.1) is 5.41 Å². The third kappa shape index (κ3) is 1.72. The Kier molecular flexibility index (Phi) is 3.12. The molecule has 2 aliphatic carbocycles. The van der Waals surface area contributed by atoms with Crippen molar-refractivity contribution in [3.8, 4) is 0 Å². The average Bonchev–Trinajstić information content (AvgIpc) is 2.69. The number of allylic oxidation sites excluding steroid dienone is 5. The Hall–Kier alpha value is -1.12. The first kappa shape index (κ1) is 13.3. The predicted molar refractivity (Wildman–Crippen MR) is 78.3 cm³/mol. The van der Waals surface area contributed by atoms with Gasteiger partial charge in [0.2, 0.25) is 0 Å². The summed E-state index contributed by atoms with van der Waals surface area (Å²) in [6, 6.07) is 0. The molecule has 0 fully saturated rings. The van der Waals surface area contributed by atoms with Crippen LogP contribution in [0.5, 0.6) is 0 Å². The van der Waals surface area contributed by atoms with Crippen LogP contribution in [0.2, 0.25) is 0 Å². The van der Waals surface area contributed by atoms with Crippen molar-refractivity contribution < 1.29 is 0 Å². The summed E-state index contributed by atoms with van der Waals surface area (Å²) in [5.74, 6) is 0. The van der Waals surface area contributed by atoms with Crippen LogP contribution in [0.1, 0.15) is 27.7 Å². The van der Waals surface area contributed by atoms with Gasteiger partial charge in [-0.15, -0.1) is 0 Å². The van der Waals surface area contributed by atoms with E-state index < -0.39 is 0 Å². The molecule has 0 aromatic heterocycles. The Labute approximate surface area is 110 Å². The fourth-order valence-corrected chi connectivity index (χ4v) is 3.21. The largest absolute Gasteiger partial charge is 0.318 e. The third-order valence-corrected chi connectivity index (χ3v) is 4.06. The van der Waals surface area contributed by atoms with Crippen LogP contribution in [0.15, 0.2) is 46.6 Å². The monoisotopic (exact) mass is 244 g/mol. The Morgan fingerprint density at radius 1 is 1.33 bits per heavy atom. The molecule has 0 bridgehead atoms. The highest BCUT2D eigenvalue weighted by molar-refractivity contribution is 5.67. The van der Waals surface area contributed by atoms with Crippen molar-refractivity contribution in [3.63, 3.8) is 0 Å². The normalized spacial score (nSPS) is 29.9. The molecule has 0 heterocycles. The molecule has 0 saturated heterocycles. The molecule has 3 N–H and O–H groups in total. The smallest absolute Gasteiger partial charge is 0.0576 e. The molecule has 2 aliphatic rings. The van der Waals surface area contributed by atoms with Crippen molar-refractivity contribution in [3.05, 3.63) is 46.6 Å². The van der Waals surface area contributed by atoms with Gasteiger partial charge in [0.05, 0.1) is 5.54 Å². The highest BCUT2D eigenvalue weighted by Crippen LogP contribution is 2.53. The van der Waals surface area contributed by atoms with E-state index in [-0.39, 0.29) is 11.0 Å². The number of rotatable bonds is 3. The van der Waals surface area contributed by atoms with E-state index in [2.05, 4.69) is 57.3 Å². The van der Waals surface area contributed by atoms with Crippen molar-refractivity contribution >= 4 is 0 Å². The van der Waals surface area contributed by atoms with E-state index in [1.807, 2.05) is 7.05 Å². The van der Waals surface area contributed by atoms with Gasteiger partial charge < -0.3 is 11.1 Å². The molecule has 0 saturated carbocycles. The highest BCUT2D eigenvalue weighted by Gasteiger charge is 2.44. The maximum atomic E-state index is 6.43. The summed E-state index contributed by atoms with van der Waals surface area (Å²) >= 11 is 0. The second kappa shape index (κ2) is 4.22. The lowest BCUT2D eigenvalue weighted by molar-refractivity contribution is 0.574. The number of nitrogens with two attached hydrogens (primary N) is 1. The molecule has 0 spiro atoms. The van der Waals surface area contributed by atoms with Gasteiger partial charge in [0.1, 0.15) is 0 Å². The second-order valence-electron chi connectivity index (χ2n) is 5.95. The molecule has 2 heteroatoms. The minimum Gasteiger partial charge on any atom is -0.318 e. The summed E-state index contributed by atoms with van der Waals surface area (Å²) in [7, 11) is 1.99. The summed E-state index contributed by atoms with van der Waals surface area (Å²) in [6.45, 7) is 9.60. The van der Waals surface area contributed by atoms with Crippen LogP contribution in [0.25, 0.3) is 0 Å². The fourth-order valence-electron chi connectivity index (χ4n) is 3.21. The van der Waals surface area contributed by atoms with Gasteiger partial charge in [0.25, 0.3) is 0 Å². The topological polar surface area (TPSA) is 38.0 Å². The van der Waals surface area contributed by atoms with Gasteiger partial charge in [-0.1, -0.05) is 38.2 Å². The first-order chi connectivity index (χ1) is 8.36. The van der Waals surface area contributed by atoms with Gasteiger partial charge in [-0.3, -0.25) is 0 Å². The molecule has 18 heavy (non-hydrogen) atoms. The standard InChI is InChI=1S/C16H24N2/c1-6-7-12-11(10-18-5)14-13(15(12,2)3)8-9-16(14,4)17/h6-9,18H,10,17H2,1-5H3/b7-6-. The SMILES string of the molecule is C/C=C\C1=C(CNC)C2=C(C=CC2(C)N)C1(C)C. The fraction of sp³-hybridized carbons (Fsp3) is 0.500. The maximum Gasteiger partial charge on any atom is 0.0576 e. The first-order valence-electron chi connectivity index (χ1n) is 6.61. The molecule has 0 radical (unpaired) electrons. The van der Waals surface area contributed by atoms with Crippen LogP contribution >= 0.6 is 0 Å². The molecule has 2 nitrogen and oxygen atoms in total. The zero-order valence-electron chi connectivity index (χ0n) is 12.1. The van der Waals surface area contributed by atoms with Crippen LogP contribution in [0.3, 0.4) is 0 Å². The van der Waals surface area contributed by atoms with Gasteiger partial charge >= 0.3 is 0 Å². The lowest BCUT2D eigenvalue weighted by Crippen LogP contribution is -2.36. The Morgan fingerprint density at radius 2 is 2.00 bits per heavy atom.